The number of rotatable bonds is 1. The largest absolute Gasteiger partial charge is 0.280 e. The van der Waals surface area contributed by atoms with Crippen molar-refractivity contribution in [3.63, 3.8) is 0 Å². The maximum atomic E-state index is 11.5. The van der Waals surface area contributed by atoms with Crippen LogP contribution in [0.25, 0.3) is 10.9 Å². The van der Waals surface area contributed by atoms with E-state index in [9.17, 15) is 4.79 Å². The van der Waals surface area contributed by atoms with E-state index < -0.39 is 0 Å². The van der Waals surface area contributed by atoms with Crippen molar-refractivity contribution in [2.24, 2.45) is 0 Å². The Morgan fingerprint density at radius 3 is 2.93 bits per heavy atom. The molecule has 0 saturated carbocycles. The Labute approximate surface area is 85.9 Å². The van der Waals surface area contributed by atoms with Gasteiger partial charge >= 0.3 is 0 Å². The highest BCUT2D eigenvalue weighted by Crippen LogP contribution is 2.16. The molecule has 0 aliphatic carbocycles. The fraction of sp³-hybridized carbons (Fsp3) is 0.200. The first-order valence-electron chi connectivity index (χ1n) is 4.25. The minimum atomic E-state index is -0.150. The van der Waals surface area contributed by atoms with Gasteiger partial charge in [0.05, 0.1) is 10.9 Å². The molecule has 0 spiro atoms. The molecule has 0 aliphatic rings. The summed E-state index contributed by atoms with van der Waals surface area (Å²) < 4.78 is 1.89. The maximum absolute atomic E-state index is 11.5. The second-order valence-electron chi connectivity index (χ2n) is 3.03. The van der Waals surface area contributed by atoms with Crippen LogP contribution in [0.15, 0.2) is 29.3 Å². The van der Waals surface area contributed by atoms with Crippen LogP contribution in [0, 0.1) is 6.92 Å². The van der Waals surface area contributed by atoms with Crippen molar-refractivity contribution in [2.45, 2.75) is 6.92 Å². The molecule has 0 unspecified atom stereocenters. The van der Waals surface area contributed by atoms with Crippen molar-refractivity contribution in [2.75, 3.05) is 6.26 Å². The van der Waals surface area contributed by atoms with Crippen molar-refractivity contribution >= 4 is 22.9 Å². The van der Waals surface area contributed by atoms with Crippen molar-refractivity contribution < 1.29 is 0 Å². The van der Waals surface area contributed by atoms with Gasteiger partial charge in [-0.05, 0) is 30.5 Å². The van der Waals surface area contributed by atoms with Crippen LogP contribution < -0.4 is 5.56 Å². The number of hydrogen-bond acceptors (Lipinski definition) is 3. The zero-order valence-electron chi connectivity index (χ0n) is 8.02. The monoisotopic (exact) mass is 206 g/mol. The van der Waals surface area contributed by atoms with Crippen LogP contribution in [-0.2, 0) is 0 Å². The molecular formula is C10H10N2OS. The molecule has 1 aromatic heterocycles. The van der Waals surface area contributed by atoms with Gasteiger partial charge in [0.1, 0.15) is 6.33 Å². The number of benzene rings is 1. The first-order valence-corrected chi connectivity index (χ1v) is 5.43. The van der Waals surface area contributed by atoms with Crippen molar-refractivity contribution in [1.82, 2.24) is 8.96 Å². The van der Waals surface area contributed by atoms with E-state index in [1.165, 1.54) is 11.9 Å². The Morgan fingerprint density at radius 2 is 2.21 bits per heavy atom. The van der Waals surface area contributed by atoms with Crippen molar-refractivity contribution in [3.8, 4) is 0 Å². The highest BCUT2D eigenvalue weighted by atomic mass is 32.2. The van der Waals surface area contributed by atoms with E-state index in [0.717, 1.165) is 11.1 Å². The third-order valence-corrected chi connectivity index (χ3v) is 2.86. The van der Waals surface area contributed by atoms with Gasteiger partial charge in [0, 0.05) is 6.26 Å². The molecule has 0 N–H and O–H groups in total. The molecule has 4 heteroatoms. The zero-order valence-corrected chi connectivity index (χ0v) is 8.84. The molecule has 2 rings (SSSR count). The molecule has 0 saturated heterocycles. The number of hydrogen-bond donors (Lipinski definition) is 0. The molecule has 1 aromatic carbocycles. The lowest BCUT2D eigenvalue weighted by Gasteiger charge is -2.06. The minimum absolute atomic E-state index is 0.150. The Hall–Kier alpha value is -1.29. The summed E-state index contributed by atoms with van der Waals surface area (Å²) in [6.45, 7) is 1.93. The molecule has 0 aliphatic heterocycles. The number of aromatic nitrogens is 2. The van der Waals surface area contributed by atoms with Crippen LogP contribution in [-0.4, -0.2) is 15.2 Å². The van der Waals surface area contributed by atoms with Gasteiger partial charge in [-0.2, -0.15) is 4.98 Å². The van der Waals surface area contributed by atoms with E-state index in [-0.39, 0.29) is 5.56 Å². The summed E-state index contributed by atoms with van der Waals surface area (Å²) >= 11 is 1.53. The van der Waals surface area contributed by atoms with Crippen LogP contribution in [0.1, 0.15) is 5.56 Å². The lowest BCUT2D eigenvalue weighted by Crippen LogP contribution is -2.10. The second-order valence-corrected chi connectivity index (χ2v) is 3.79. The summed E-state index contributed by atoms with van der Waals surface area (Å²) in [5, 5.41) is 0.712. The van der Waals surface area contributed by atoms with E-state index in [1.807, 2.05) is 35.4 Å². The first-order chi connectivity index (χ1) is 6.74. The van der Waals surface area contributed by atoms with Gasteiger partial charge in [0.2, 0.25) is 0 Å². The lowest BCUT2D eigenvalue weighted by molar-refractivity contribution is 1.12. The normalized spacial score (nSPS) is 10.7. The molecule has 2 aromatic rings. The van der Waals surface area contributed by atoms with Crippen LogP contribution >= 0.6 is 11.9 Å². The Kier molecular flexibility index (Phi) is 2.29. The molecule has 1 heterocycles. The maximum Gasteiger partial charge on any atom is 0.280 e. The average Bonchev–Trinajstić information content (AvgIpc) is 2.18. The second kappa shape index (κ2) is 3.46. The molecule has 0 amide bonds. The van der Waals surface area contributed by atoms with E-state index in [0.29, 0.717) is 5.39 Å². The standard InChI is InChI=1S/C10H10N2OS/c1-7-4-3-5-8-9(7)10(13)11-6-12(8)14-2/h3-6H,1-2H3. The van der Waals surface area contributed by atoms with Crippen LogP contribution in [0.5, 0.6) is 0 Å². The summed E-state index contributed by atoms with van der Waals surface area (Å²) in [6.07, 6.45) is 3.52. The fourth-order valence-electron chi connectivity index (χ4n) is 1.49. The topological polar surface area (TPSA) is 34.9 Å². The predicted molar refractivity (Wildman–Crippen MR) is 59.7 cm³/mol. The Balaban J connectivity index is 2.99. The van der Waals surface area contributed by atoms with Crippen molar-refractivity contribution in [1.29, 1.82) is 0 Å². The van der Waals surface area contributed by atoms with Gasteiger partial charge in [0.15, 0.2) is 0 Å². The smallest absolute Gasteiger partial charge is 0.274 e. The van der Waals surface area contributed by atoms with Gasteiger partial charge in [0.25, 0.3) is 5.56 Å². The number of fused-ring (bicyclic) bond motifs is 1. The van der Waals surface area contributed by atoms with Gasteiger partial charge in [-0.25, -0.2) is 0 Å². The third-order valence-electron chi connectivity index (χ3n) is 2.18. The molecule has 0 bridgehead atoms. The Morgan fingerprint density at radius 1 is 1.43 bits per heavy atom. The number of aryl methyl sites for hydroxylation is 1. The van der Waals surface area contributed by atoms with E-state index in [4.69, 9.17) is 0 Å². The Bertz CT molecular complexity index is 533. The van der Waals surface area contributed by atoms with Crippen LogP contribution in [0.3, 0.4) is 0 Å². The third kappa shape index (κ3) is 1.32. The van der Waals surface area contributed by atoms with Crippen LogP contribution in [0.4, 0.5) is 0 Å². The fourth-order valence-corrected chi connectivity index (χ4v) is 1.98. The number of nitrogens with zero attached hydrogens (tertiary/aromatic N) is 2. The van der Waals surface area contributed by atoms with E-state index in [1.54, 1.807) is 6.33 Å². The van der Waals surface area contributed by atoms with Crippen molar-refractivity contribution in [3.05, 3.63) is 40.4 Å². The molecule has 72 valence electrons. The summed E-state index contributed by atoms with van der Waals surface area (Å²) in [6, 6.07) is 5.81. The lowest BCUT2D eigenvalue weighted by atomic mass is 10.1. The summed E-state index contributed by atoms with van der Waals surface area (Å²) in [5.74, 6) is 0. The highest BCUT2D eigenvalue weighted by molar-refractivity contribution is 7.97. The summed E-state index contributed by atoms with van der Waals surface area (Å²) in [4.78, 5) is 15.4. The van der Waals surface area contributed by atoms with Gasteiger partial charge < -0.3 is 0 Å². The molecule has 14 heavy (non-hydrogen) atoms. The van der Waals surface area contributed by atoms with Gasteiger partial charge in [-0.1, -0.05) is 12.1 Å². The predicted octanol–water partition coefficient (Wildman–Crippen LogP) is 1.83. The summed E-state index contributed by atoms with van der Waals surface area (Å²) in [7, 11) is 0. The molecule has 3 nitrogen and oxygen atoms in total. The SMILES string of the molecule is CSn1cnc(=O)c2c(C)cccc21. The highest BCUT2D eigenvalue weighted by Gasteiger charge is 2.04. The molecular weight excluding hydrogens is 196 g/mol. The first kappa shape index (κ1) is 9.27. The average molecular weight is 206 g/mol. The summed E-state index contributed by atoms with van der Waals surface area (Å²) in [5.41, 5.74) is 1.75. The van der Waals surface area contributed by atoms with E-state index >= 15 is 0 Å². The van der Waals surface area contributed by atoms with Gasteiger partial charge in [-0.3, -0.25) is 8.77 Å². The van der Waals surface area contributed by atoms with Crippen LogP contribution in [0.2, 0.25) is 0 Å². The van der Waals surface area contributed by atoms with E-state index in [2.05, 4.69) is 4.98 Å². The molecule has 0 fully saturated rings. The molecule has 0 atom stereocenters. The quantitative estimate of drug-likeness (QED) is 0.714. The van der Waals surface area contributed by atoms with Gasteiger partial charge in [-0.15, -0.1) is 0 Å². The minimum Gasteiger partial charge on any atom is -0.274 e. The zero-order chi connectivity index (χ0) is 10.1. The molecule has 0 radical (unpaired) electrons.